The summed E-state index contributed by atoms with van der Waals surface area (Å²) in [5.41, 5.74) is 1.15. The first-order valence-electron chi connectivity index (χ1n) is 4.47. The number of halogens is 1. The number of nitrogens with one attached hydrogen (secondary N) is 1. The van der Waals surface area contributed by atoms with Gasteiger partial charge in [0, 0.05) is 17.3 Å². The van der Waals surface area contributed by atoms with Gasteiger partial charge in [-0.05, 0) is 41.4 Å². The lowest BCUT2D eigenvalue weighted by molar-refractivity contribution is 1.24. The van der Waals surface area contributed by atoms with Gasteiger partial charge in [-0.2, -0.15) is 0 Å². The van der Waals surface area contributed by atoms with Crippen LogP contribution in [0.15, 0.2) is 22.9 Å². The normalized spacial score (nSPS) is 10.3. The van der Waals surface area contributed by atoms with E-state index in [2.05, 4.69) is 31.2 Å². The van der Waals surface area contributed by atoms with Gasteiger partial charge in [-0.1, -0.05) is 0 Å². The summed E-state index contributed by atoms with van der Waals surface area (Å²) < 4.78 is 0.984. The molecule has 5 heteroatoms. The summed E-state index contributed by atoms with van der Waals surface area (Å²) in [6.45, 7) is 4.06. The Morgan fingerprint density at radius 1 is 1.33 bits per heavy atom. The van der Waals surface area contributed by atoms with Crippen LogP contribution in [-0.2, 0) is 0 Å². The molecule has 0 aromatic carbocycles. The van der Waals surface area contributed by atoms with Gasteiger partial charge in [0.25, 0.3) is 0 Å². The second-order valence-corrected chi connectivity index (χ2v) is 5.22. The molecule has 2 aromatic heterocycles. The number of hydrogen-bond acceptors (Lipinski definition) is 4. The molecule has 2 heterocycles. The molecule has 3 nitrogen and oxygen atoms in total. The van der Waals surface area contributed by atoms with Gasteiger partial charge >= 0.3 is 0 Å². The first-order valence-corrected chi connectivity index (χ1v) is 6.08. The van der Waals surface area contributed by atoms with E-state index in [1.807, 2.05) is 26.1 Å². The molecule has 0 aliphatic rings. The molecule has 0 saturated heterocycles. The highest BCUT2D eigenvalue weighted by Gasteiger charge is 2.05. The van der Waals surface area contributed by atoms with Crippen molar-refractivity contribution in [3.8, 4) is 0 Å². The van der Waals surface area contributed by atoms with Crippen LogP contribution in [0.1, 0.15) is 10.4 Å². The second kappa shape index (κ2) is 4.28. The van der Waals surface area contributed by atoms with E-state index >= 15 is 0 Å². The van der Waals surface area contributed by atoms with Crippen molar-refractivity contribution in [1.82, 2.24) is 9.97 Å². The summed E-state index contributed by atoms with van der Waals surface area (Å²) >= 11 is 5.11. The topological polar surface area (TPSA) is 37.8 Å². The summed E-state index contributed by atoms with van der Waals surface area (Å²) in [6.07, 6.45) is 3.62. The van der Waals surface area contributed by atoms with E-state index in [0.29, 0.717) is 0 Å². The Bertz CT molecular complexity index is 481. The number of anilines is 2. The summed E-state index contributed by atoms with van der Waals surface area (Å²) in [6, 6.07) is 1.96. The number of aromatic nitrogens is 2. The highest BCUT2D eigenvalue weighted by Crippen LogP contribution is 2.28. The second-order valence-electron chi connectivity index (χ2n) is 3.19. The van der Waals surface area contributed by atoms with E-state index in [1.165, 1.54) is 4.88 Å². The van der Waals surface area contributed by atoms with Gasteiger partial charge in [-0.15, -0.1) is 11.3 Å². The van der Waals surface area contributed by atoms with E-state index in [-0.39, 0.29) is 0 Å². The fourth-order valence-electron chi connectivity index (χ4n) is 1.14. The van der Waals surface area contributed by atoms with E-state index < -0.39 is 0 Å². The number of thiazole rings is 1. The van der Waals surface area contributed by atoms with Crippen LogP contribution in [0.25, 0.3) is 0 Å². The van der Waals surface area contributed by atoms with E-state index in [0.717, 1.165) is 21.0 Å². The summed E-state index contributed by atoms with van der Waals surface area (Å²) in [5, 5.41) is 4.05. The van der Waals surface area contributed by atoms with Crippen LogP contribution in [0, 0.1) is 13.8 Å². The van der Waals surface area contributed by atoms with E-state index in [9.17, 15) is 0 Å². The van der Waals surface area contributed by atoms with Crippen LogP contribution >= 0.6 is 27.3 Å². The van der Waals surface area contributed by atoms with Crippen molar-refractivity contribution in [2.75, 3.05) is 5.32 Å². The fraction of sp³-hybridized carbons (Fsp3) is 0.200. The Labute approximate surface area is 101 Å². The molecule has 2 aromatic rings. The smallest absolute Gasteiger partial charge is 0.188 e. The maximum Gasteiger partial charge on any atom is 0.188 e. The molecule has 0 spiro atoms. The average molecular weight is 284 g/mol. The third kappa shape index (κ3) is 2.35. The van der Waals surface area contributed by atoms with Crippen molar-refractivity contribution in [2.45, 2.75) is 13.8 Å². The minimum Gasteiger partial charge on any atom is -0.315 e. The Hall–Kier alpha value is -0.940. The highest BCUT2D eigenvalue weighted by molar-refractivity contribution is 9.10. The Morgan fingerprint density at radius 2 is 2.13 bits per heavy atom. The van der Waals surface area contributed by atoms with E-state index in [4.69, 9.17) is 0 Å². The molecule has 1 N–H and O–H groups in total. The zero-order chi connectivity index (χ0) is 10.8. The number of hydrogen-bond donors (Lipinski definition) is 1. The van der Waals surface area contributed by atoms with Crippen LogP contribution in [0.2, 0.25) is 0 Å². The van der Waals surface area contributed by atoms with Gasteiger partial charge in [0.05, 0.1) is 4.47 Å². The lowest BCUT2D eigenvalue weighted by Gasteiger charge is -2.05. The zero-order valence-corrected chi connectivity index (χ0v) is 10.8. The molecule has 78 valence electrons. The molecule has 0 aliphatic heterocycles. The largest absolute Gasteiger partial charge is 0.315 e. The van der Waals surface area contributed by atoms with Crippen molar-refractivity contribution in [3.63, 3.8) is 0 Å². The van der Waals surface area contributed by atoms with Crippen LogP contribution in [0.3, 0.4) is 0 Å². The van der Waals surface area contributed by atoms with Crippen LogP contribution in [0.5, 0.6) is 0 Å². The van der Waals surface area contributed by atoms with Gasteiger partial charge in [0.1, 0.15) is 5.82 Å². The zero-order valence-electron chi connectivity index (χ0n) is 8.41. The molecule has 0 aliphatic carbocycles. The third-order valence-electron chi connectivity index (χ3n) is 1.93. The van der Waals surface area contributed by atoms with Crippen molar-refractivity contribution in [3.05, 3.63) is 33.4 Å². The first-order chi connectivity index (χ1) is 7.16. The molecule has 0 bridgehead atoms. The van der Waals surface area contributed by atoms with E-state index in [1.54, 1.807) is 17.5 Å². The third-order valence-corrected chi connectivity index (χ3v) is 3.76. The molecule has 0 atom stereocenters. The first kappa shape index (κ1) is 10.6. The predicted molar refractivity (Wildman–Crippen MR) is 66.8 cm³/mol. The van der Waals surface area contributed by atoms with Gasteiger partial charge in [0.15, 0.2) is 5.13 Å². The molecule has 0 unspecified atom stereocenters. The predicted octanol–water partition coefficient (Wildman–Crippen LogP) is 3.66. The lowest BCUT2D eigenvalue weighted by Crippen LogP contribution is -1.94. The van der Waals surface area contributed by atoms with Gasteiger partial charge in [0.2, 0.25) is 0 Å². The standard InChI is InChI=1S/C10H10BrN3S/c1-6-3-4-12-9(8(6)11)14-10-13-5-7(2)15-10/h3-5H,1-2H3,(H,12,13,14). The molecule has 0 radical (unpaired) electrons. The monoisotopic (exact) mass is 283 g/mol. The van der Waals surface area contributed by atoms with Crippen LogP contribution < -0.4 is 5.32 Å². The van der Waals surface area contributed by atoms with Gasteiger partial charge in [-0.3, -0.25) is 0 Å². The van der Waals surface area contributed by atoms with Crippen molar-refractivity contribution in [2.24, 2.45) is 0 Å². The Morgan fingerprint density at radius 3 is 2.80 bits per heavy atom. The maximum absolute atomic E-state index is 4.25. The molecular formula is C10H10BrN3S. The number of aryl methyl sites for hydroxylation is 2. The van der Waals surface area contributed by atoms with Crippen LogP contribution in [-0.4, -0.2) is 9.97 Å². The van der Waals surface area contributed by atoms with Crippen molar-refractivity contribution >= 4 is 38.2 Å². The van der Waals surface area contributed by atoms with Crippen molar-refractivity contribution < 1.29 is 0 Å². The van der Waals surface area contributed by atoms with Gasteiger partial charge < -0.3 is 5.32 Å². The number of pyridine rings is 1. The highest BCUT2D eigenvalue weighted by atomic mass is 79.9. The maximum atomic E-state index is 4.25. The molecular weight excluding hydrogens is 274 g/mol. The fourth-order valence-corrected chi connectivity index (χ4v) is 2.14. The molecule has 0 saturated carbocycles. The summed E-state index contributed by atoms with van der Waals surface area (Å²) in [4.78, 5) is 9.66. The minimum absolute atomic E-state index is 0.810. The molecule has 2 rings (SSSR count). The SMILES string of the molecule is Cc1cnc(Nc2nccc(C)c2Br)s1. The Kier molecular flexibility index (Phi) is 3.02. The Balaban J connectivity index is 2.28. The lowest BCUT2D eigenvalue weighted by atomic mass is 10.3. The summed E-state index contributed by atoms with van der Waals surface area (Å²) in [5.74, 6) is 0.810. The number of rotatable bonds is 2. The van der Waals surface area contributed by atoms with Gasteiger partial charge in [-0.25, -0.2) is 9.97 Å². The van der Waals surface area contributed by atoms with Crippen molar-refractivity contribution in [1.29, 1.82) is 0 Å². The summed E-state index contributed by atoms with van der Waals surface area (Å²) in [7, 11) is 0. The quantitative estimate of drug-likeness (QED) is 0.914. The minimum atomic E-state index is 0.810. The molecule has 15 heavy (non-hydrogen) atoms. The number of nitrogens with zero attached hydrogens (tertiary/aromatic N) is 2. The molecule has 0 fully saturated rings. The van der Waals surface area contributed by atoms with Crippen LogP contribution in [0.4, 0.5) is 10.9 Å². The molecule has 0 amide bonds. The average Bonchev–Trinajstić information content (AvgIpc) is 2.59.